The lowest BCUT2D eigenvalue weighted by Gasteiger charge is -2.55. The fourth-order valence-corrected chi connectivity index (χ4v) is 6.34. The van der Waals surface area contributed by atoms with Gasteiger partial charge in [0.2, 0.25) is 11.8 Å². The van der Waals surface area contributed by atoms with Crippen molar-refractivity contribution < 1.29 is 19.1 Å². The SMILES string of the molecule is COc1ccc(CCNC(=O)CCNC(=O)C23CC4CC(CC(C4)C2)C3)cc1OC. The normalized spacial score (nSPS) is 28.8. The maximum Gasteiger partial charge on any atom is 0.226 e. The van der Waals surface area contributed by atoms with Crippen LogP contribution >= 0.6 is 0 Å². The molecule has 0 atom stereocenters. The molecule has 4 aliphatic rings. The van der Waals surface area contributed by atoms with Crippen molar-refractivity contribution in [3.8, 4) is 11.5 Å². The van der Waals surface area contributed by atoms with E-state index in [-0.39, 0.29) is 17.2 Å². The zero-order valence-corrected chi connectivity index (χ0v) is 18.2. The molecule has 6 heteroatoms. The molecule has 1 aromatic carbocycles. The zero-order chi connectivity index (χ0) is 21.1. The molecule has 4 saturated carbocycles. The van der Waals surface area contributed by atoms with Gasteiger partial charge < -0.3 is 20.1 Å². The standard InChI is InChI=1S/C24H34N2O4/c1-29-20-4-3-16(12-21(20)30-2)5-7-25-22(27)6-8-26-23(28)24-13-17-9-18(14-24)11-19(10-17)15-24/h3-4,12,17-19H,5-11,13-15H2,1-2H3,(H,25,27)(H,26,28). The Balaban J connectivity index is 1.17. The largest absolute Gasteiger partial charge is 0.493 e. The third-order valence-corrected chi connectivity index (χ3v) is 7.34. The Kier molecular flexibility index (Phi) is 6.21. The van der Waals surface area contributed by atoms with E-state index in [1.807, 2.05) is 18.2 Å². The van der Waals surface area contributed by atoms with Gasteiger partial charge in [-0.05, 0) is 80.4 Å². The van der Waals surface area contributed by atoms with Crippen molar-refractivity contribution in [2.24, 2.45) is 23.2 Å². The summed E-state index contributed by atoms with van der Waals surface area (Å²) < 4.78 is 10.6. The first-order chi connectivity index (χ1) is 14.5. The Hall–Kier alpha value is -2.24. The number of benzene rings is 1. The molecule has 5 rings (SSSR count). The van der Waals surface area contributed by atoms with E-state index in [0.717, 1.165) is 42.6 Å². The Morgan fingerprint density at radius 2 is 1.57 bits per heavy atom. The molecule has 2 N–H and O–H groups in total. The van der Waals surface area contributed by atoms with Crippen LogP contribution < -0.4 is 20.1 Å². The lowest BCUT2D eigenvalue weighted by atomic mass is 9.49. The zero-order valence-electron chi connectivity index (χ0n) is 18.2. The van der Waals surface area contributed by atoms with Crippen LogP contribution in [-0.4, -0.2) is 39.1 Å². The van der Waals surface area contributed by atoms with Crippen LogP contribution in [0.2, 0.25) is 0 Å². The van der Waals surface area contributed by atoms with E-state index in [4.69, 9.17) is 9.47 Å². The van der Waals surface area contributed by atoms with Crippen molar-refractivity contribution in [3.05, 3.63) is 23.8 Å². The Bertz CT molecular complexity index is 756. The summed E-state index contributed by atoms with van der Waals surface area (Å²) in [6, 6.07) is 5.77. The first-order valence-electron chi connectivity index (χ1n) is 11.3. The number of ether oxygens (including phenoxy) is 2. The number of amides is 2. The van der Waals surface area contributed by atoms with Crippen LogP contribution in [-0.2, 0) is 16.0 Å². The highest BCUT2D eigenvalue weighted by atomic mass is 16.5. The second kappa shape index (κ2) is 8.86. The molecular weight excluding hydrogens is 380 g/mol. The highest BCUT2D eigenvalue weighted by Crippen LogP contribution is 2.60. The summed E-state index contributed by atoms with van der Waals surface area (Å²) in [5.74, 6) is 3.81. The number of nitrogens with one attached hydrogen (secondary N) is 2. The number of hydrogen-bond acceptors (Lipinski definition) is 4. The highest BCUT2D eigenvalue weighted by molar-refractivity contribution is 5.84. The van der Waals surface area contributed by atoms with Gasteiger partial charge in [-0.2, -0.15) is 0 Å². The third-order valence-electron chi connectivity index (χ3n) is 7.34. The predicted octanol–water partition coefficient (Wildman–Crippen LogP) is 3.09. The molecule has 0 aromatic heterocycles. The van der Waals surface area contributed by atoms with Gasteiger partial charge in [0.15, 0.2) is 11.5 Å². The predicted molar refractivity (Wildman–Crippen MR) is 114 cm³/mol. The lowest BCUT2D eigenvalue weighted by Crippen LogP contribution is -2.53. The van der Waals surface area contributed by atoms with Crippen molar-refractivity contribution >= 4 is 11.8 Å². The van der Waals surface area contributed by atoms with Crippen molar-refractivity contribution in [3.63, 3.8) is 0 Å². The average molecular weight is 415 g/mol. The molecule has 4 fully saturated rings. The summed E-state index contributed by atoms with van der Waals surface area (Å²) in [5, 5.41) is 6.02. The molecule has 2 amide bonds. The summed E-state index contributed by atoms with van der Waals surface area (Å²) >= 11 is 0. The molecule has 1 aromatic rings. The van der Waals surface area contributed by atoms with Gasteiger partial charge >= 0.3 is 0 Å². The molecule has 6 nitrogen and oxygen atoms in total. The van der Waals surface area contributed by atoms with E-state index < -0.39 is 0 Å². The molecule has 30 heavy (non-hydrogen) atoms. The van der Waals surface area contributed by atoms with Gasteiger partial charge in [0.05, 0.1) is 14.2 Å². The van der Waals surface area contributed by atoms with Crippen molar-refractivity contribution in [1.29, 1.82) is 0 Å². The van der Waals surface area contributed by atoms with E-state index in [0.29, 0.717) is 37.4 Å². The number of hydrogen-bond donors (Lipinski definition) is 2. The molecule has 4 bridgehead atoms. The number of methoxy groups -OCH3 is 2. The van der Waals surface area contributed by atoms with Gasteiger partial charge in [-0.1, -0.05) is 6.07 Å². The van der Waals surface area contributed by atoms with Crippen LogP contribution in [0.5, 0.6) is 11.5 Å². The average Bonchev–Trinajstić information content (AvgIpc) is 2.72. The first kappa shape index (κ1) is 21.0. The quantitative estimate of drug-likeness (QED) is 0.651. The van der Waals surface area contributed by atoms with E-state index in [2.05, 4.69) is 10.6 Å². The summed E-state index contributed by atoms with van der Waals surface area (Å²) in [6.45, 7) is 0.972. The molecule has 4 aliphatic carbocycles. The van der Waals surface area contributed by atoms with E-state index >= 15 is 0 Å². The topological polar surface area (TPSA) is 76.7 Å². The maximum atomic E-state index is 12.9. The number of carbonyl (C=O) groups excluding carboxylic acids is 2. The molecular formula is C24H34N2O4. The second-order valence-corrected chi connectivity index (χ2v) is 9.49. The summed E-state index contributed by atoms with van der Waals surface area (Å²) in [7, 11) is 3.22. The minimum Gasteiger partial charge on any atom is -0.493 e. The van der Waals surface area contributed by atoms with Crippen molar-refractivity contribution in [2.75, 3.05) is 27.3 Å². The van der Waals surface area contributed by atoms with Crippen molar-refractivity contribution in [2.45, 2.75) is 51.4 Å². The van der Waals surface area contributed by atoms with Gasteiger partial charge in [0.1, 0.15) is 0 Å². The molecule has 164 valence electrons. The molecule has 0 saturated heterocycles. The van der Waals surface area contributed by atoms with Crippen molar-refractivity contribution in [1.82, 2.24) is 10.6 Å². The highest BCUT2D eigenvalue weighted by Gasteiger charge is 2.54. The van der Waals surface area contributed by atoms with Crippen LogP contribution in [0.15, 0.2) is 18.2 Å². The van der Waals surface area contributed by atoms with Crippen LogP contribution in [0.4, 0.5) is 0 Å². The molecule has 0 spiro atoms. The fourth-order valence-electron chi connectivity index (χ4n) is 6.34. The number of rotatable bonds is 9. The van der Waals surface area contributed by atoms with Crippen LogP contribution in [0, 0.1) is 23.2 Å². The lowest BCUT2D eigenvalue weighted by molar-refractivity contribution is -0.146. The molecule has 0 unspecified atom stereocenters. The van der Waals surface area contributed by atoms with Gasteiger partial charge in [-0.3, -0.25) is 9.59 Å². The number of carbonyl (C=O) groups is 2. The monoisotopic (exact) mass is 414 g/mol. The van der Waals surface area contributed by atoms with Crippen LogP contribution in [0.1, 0.15) is 50.5 Å². The first-order valence-corrected chi connectivity index (χ1v) is 11.3. The smallest absolute Gasteiger partial charge is 0.226 e. The minimum atomic E-state index is -0.140. The van der Waals surface area contributed by atoms with E-state index in [1.54, 1.807) is 14.2 Å². The summed E-state index contributed by atoms with van der Waals surface area (Å²) in [4.78, 5) is 25.1. The fraction of sp³-hybridized carbons (Fsp3) is 0.667. The van der Waals surface area contributed by atoms with Crippen LogP contribution in [0.25, 0.3) is 0 Å². The van der Waals surface area contributed by atoms with Gasteiger partial charge in [0.25, 0.3) is 0 Å². The second-order valence-electron chi connectivity index (χ2n) is 9.49. The Labute approximate surface area is 179 Å². The summed E-state index contributed by atoms with van der Waals surface area (Å²) in [6.07, 6.45) is 8.20. The molecule has 0 aliphatic heterocycles. The minimum absolute atomic E-state index is 0.0266. The Morgan fingerprint density at radius 3 is 2.17 bits per heavy atom. The maximum absolute atomic E-state index is 12.9. The summed E-state index contributed by atoms with van der Waals surface area (Å²) in [5.41, 5.74) is 0.932. The Morgan fingerprint density at radius 1 is 0.933 bits per heavy atom. The third kappa shape index (κ3) is 4.42. The molecule has 0 heterocycles. The van der Waals surface area contributed by atoms with Gasteiger partial charge in [-0.25, -0.2) is 0 Å². The van der Waals surface area contributed by atoms with Crippen LogP contribution in [0.3, 0.4) is 0 Å². The van der Waals surface area contributed by atoms with Gasteiger partial charge in [0, 0.05) is 24.9 Å². The van der Waals surface area contributed by atoms with E-state index in [1.165, 1.54) is 19.3 Å². The molecule has 0 radical (unpaired) electrons. The van der Waals surface area contributed by atoms with E-state index in [9.17, 15) is 9.59 Å². The van der Waals surface area contributed by atoms with Gasteiger partial charge in [-0.15, -0.1) is 0 Å².